The van der Waals surface area contributed by atoms with Gasteiger partial charge >= 0.3 is 6.18 Å². The zero-order valence-electron chi connectivity index (χ0n) is 18.8. The predicted molar refractivity (Wildman–Crippen MR) is 121 cm³/mol. The Morgan fingerprint density at radius 3 is 2.56 bits per heavy atom. The first kappa shape index (κ1) is 22.5. The number of aromatic nitrogens is 3. The highest BCUT2D eigenvalue weighted by Gasteiger charge is 2.47. The van der Waals surface area contributed by atoms with Gasteiger partial charge in [0.1, 0.15) is 0 Å². The van der Waals surface area contributed by atoms with E-state index in [0.29, 0.717) is 53.9 Å². The first-order valence-electron chi connectivity index (χ1n) is 11.5. The van der Waals surface area contributed by atoms with Crippen LogP contribution in [0.15, 0.2) is 55.0 Å². The number of carbonyl (C=O) groups excluding carboxylic acids is 1. The van der Waals surface area contributed by atoms with Gasteiger partial charge in [-0.1, -0.05) is 17.7 Å². The number of piperidine rings is 1. The lowest BCUT2D eigenvalue weighted by atomic mass is 9.94. The maximum atomic E-state index is 13.8. The van der Waals surface area contributed by atoms with Gasteiger partial charge in [0.25, 0.3) is 5.91 Å². The van der Waals surface area contributed by atoms with Crippen LogP contribution in [-0.2, 0) is 12.6 Å². The number of aryl methyl sites for hydroxylation is 2. The molecular formula is C26H25F3N4O. The highest BCUT2D eigenvalue weighted by atomic mass is 19.4. The van der Waals surface area contributed by atoms with E-state index >= 15 is 0 Å². The van der Waals surface area contributed by atoms with Crippen molar-refractivity contribution in [1.82, 2.24) is 19.9 Å². The van der Waals surface area contributed by atoms with Crippen molar-refractivity contribution >= 4 is 5.91 Å². The summed E-state index contributed by atoms with van der Waals surface area (Å²) in [6, 6.07) is 9.99. The third-order valence-electron chi connectivity index (χ3n) is 6.87. The zero-order valence-corrected chi connectivity index (χ0v) is 18.8. The molecule has 1 saturated heterocycles. The number of fused-ring (bicyclic) bond motifs is 1. The van der Waals surface area contributed by atoms with Gasteiger partial charge in [0, 0.05) is 42.4 Å². The fraction of sp³-hybridized carbons (Fsp3) is 0.385. The van der Waals surface area contributed by atoms with Gasteiger partial charge < -0.3 is 4.90 Å². The maximum absolute atomic E-state index is 13.8. The fourth-order valence-corrected chi connectivity index (χ4v) is 4.90. The van der Waals surface area contributed by atoms with Crippen LogP contribution in [0.1, 0.15) is 46.4 Å². The molecule has 2 aliphatic rings. The molecule has 1 aromatic carbocycles. The molecule has 0 spiro atoms. The van der Waals surface area contributed by atoms with Crippen molar-refractivity contribution in [3.8, 4) is 11.4 Å². The molecule has 0 radical (unpaired) electrons. The Morgan fingerprint density at radius 1 is 1.06 bits per heavy atom. The maximum Gasteiger partial charge on any atom is 0.417 e. The van der Waals surface area contributed by atoms with E-state index in [4.69, 9.17) is 0 Å². The van der Waals surface area contributed by atoms with Crippen LogP contribution in [0, 0.1) is 18.8 Å². The summed E-state index contributed by atoms with van der Waals surface area (Å²) in [5, 5.41) is 0. The minimum absolute atomic E-state index is 0.0189. The van der Waals surface area contributed by atoms with Crippen LogP contribution in [0.25, 0.3) is 11.4 Å². The fourth-order valence-electron chi connectivity index (χ4n) is 4.90. The molecule has 1 aliphatic heterocycles. The van der Waals surface area contributed by atoms with Crippen molar-refractivity contribution in [2.24, 2.45) is 11.8 Å². The lowest BCUT2D eigenvalue weighted by molar-refractivity contribution is -0.137. The Hall–Kier alpha value is -3.29. The molecular weight excluding hydrogens is 441 g/mol. The molecule has 5 nitrogen and oxygen atoms in total. The standard InChI is InChI=1S/C26H25F3N4O/c1-16-3-8-22(24-30-9-2-10-31-24)23(11-16)25(34)33-15-18-12-17(18)13-21(33)7-6-20-5-4-19(14-32-20)26(27,28)29/h2-5,8-11,14,17-18,21H,6-7,12-13,15H2,1H3/t17-,18+,21-/m1/s1. The smallest absolute Gasteiger partial charge is 0.335 e. The van der Waals surface area contributed by atoms with Crippen molar-refractivity contribution in [2.45, 2.75) is 44.8 Å². The molecule has 0 unspecified atom stereocenters. The van der Waals surface area contributed by atoms with Crippen molar-refractivity contribution in [3.63, 3.8) is 0 Å². The summed E-state index contributed by atoms with van der Waals surface area (Å²) in [5.74, 6) is 1.63. The third-order valence-corrected chi connectivity index (χ3v) is 6.87. The van der Waals surface area contributed by atoms with E-state index in [1.54, 1.807) is 18.5 Å². The van der Waals surface area contributed by atoms with Gasteiger partial charge in [-0.3, -0.25) is 9.78 Å². The normalized spacial score (nSPS) is 21.8. The second-order valence-corrected chi connectivity index (χ2v) is 9.30. The van der Waals surface area contributed by atoms with Gasteiger partial charge in [0.05, 0.1) is 11.1 Å². The van der Waals surface area contributed by atoms with Gasteiger partial charge in [0.2, 0.25) is 0 Å². The van der Waals surface area contributed by atoms with Crippen LogP contribution in [-0.4, -0.2) is 38.3 Å². The first-order valence-corrected chi connectivity index (χ1v) is 11.5. The molecule has 2 fully saturated rings. The summed E-state index contributed by atoms with van der Waals surface area (Å²) < 4.78 is 38.5. The number of rotatable bonds is 5. The lowest BCUT2D eigenvalue weighted by Crippen LogP contribution is -2.45. The quantitative estimate of drug-likeness (QED) is 0.509. The number of hydrogen-bond acceptors (Lipinski definition) is 4. The van der Waals surface area contributed by atoms with Crippen LogP contribution in [0.5, 0.6) is 0 Å². The second-order valence-electron chi connectivity index (χ2n) is 9.30. The largest absolute Gasteiger partial charge is 0.417 e. The Balaban J connectivity index is 1.37. The number of alkyl halides is 3. The van der Waals surface area contributed by atoms with Crippen molar-refractivity contribution in [1.29, 1.82) is 0 Å². The van der Waals surface area contributed by atoms with Crippen molar-refractivity contribution in [2.75, 3.05) is 6.54 Å². The summed E-state index contributed by atoms with van der Waals surface area (Å²) in [6.07, 6.45) is 3.03. The van der Waals surface area contributed by atoms with Crippen LogP contribution in [0.3, 0.4) is 0 Å². The molecule has 3 atom stereocenters. The summed E-state index contributed by atoms with van der Waals surface area (Å²) in [4.78, 5) is 28.5. The molecule has 0 bridgehead atoms. The Morgan fingerprint density at radius 2 is 1.85 bits per heavy atom. The molecule has 5 rings (SSSR count). The summed E-state index contributed by atoms with van der Waals surface area (Å²) in [7, 11) is 0. The number of nitrogens with zero attached hydrogens (tertiary/aromatic N) is 4. The summed E-state index contributed by atoms with van der Waals surface area (Å²) in [6.45, 7) is 2.66. The molecule has 1 aliphatic carbocycles. The van der Waals surface area contributed by atoms with Gasteiger partial charge in [0.15, 0.2) is 5.82 Å². The molecule has 176 valence electrons. The van der Waals surface area contributed by atoms with Gasteiger partial charge in [-0.25, -0.2) is 9.97 Å². The molecule has 34 heavy (non-hydrogen) atoms. The first-order chi connectivity index (χ1) is 16.3. The molecule has 3 aromatic rings. The van der Waals surface area contributed by atoms with E-state index < -0.39 is 11.7 Å². The Kier molecular flexibility index (Phi) is 5.83. The van der Waals surface area contributed by atoms with E-state index in [2.05, 4.69) is 15.0 Å². The number of halogens is 3. The minimum atomic E-state index is -4.40. The van der Waals surface area contributed by atoms with E-state index in [1.165, 1.54) is 6.07 Å². The Bertz CT molecular complexity index is 1180. The zero-order chi connectivity index (χ0) is 23.9. The number of carbonyl (C=O) groups is 1. The number of amides is 1. The number of benzene rings is 1. The Labute approximate surface area is 196 Å². The van der Waals surface area contributed by atoms with E-state index in [-0.39, 0.29) is 11.9 Å². The lowest BCUT2D eigenvalue weighted by Gasteiger charge is -2.36. The third kappa shape index (κ3) is 4.67. The topological polar surface area (TPSA) is 59.0 Å². The van der Waals surface area contributed by atoms with Gasteiger partial charge in [-0.2, -0.15) is 13.2 Å². The number of likely N-dealkylation sites (tertiary alicyclic amines) is 1. The summed E-state index contributed by atoms with van der Waals surface area (Å²) >= 11 is 0. The van der Waals surface area contributed by atoms with Crippen LogP contribution < -0.4 is 0 Å². The average molecular weight is 467 g/mol. The average Bonchev–Trinajstić information content (AvgIpc) is 3.60. The van der Waals surface area contributed by atoms with E-state index in [0.717, 1.165) is 30.7 Å². The molecule has 1 saturated carbocycles. The minimum Gasteiger partial charge on any atom is -0.335 e. The van der Waals surface area contributed by atoms with E-state index in [9.17, 15) is 18.0 Å². The number of pyridine rings is 1. The molecule has 3 heterocycles. The summed E-state index contributed by atoms with van der Waals surface area (Å²) in [5.41, 5.74) is 2.13. The molecule has 0 N–H and O–H groups in total. The number of hydrogen-bond donors (Lipinski definition) is 0. The van der Waals surface area contributed by atoms with E-state index in [1.807, 2.05) is 30.0 Å². The molecule has 2 aromatic heterocycles. The monoisotopic (exact) mass is 466 g/mol. The van der Waals surface area contributed by atoms with Crippen molar-refractivity contribution in [3.05, 3.63) is 77.4 Å². The van der Waals surface area contributed by atoms with Crippen LogP contribution in [0.4, 0.5) is 13.2 Å². The van der Waals surface area contributed by atoms with Crippen LogP contribution in [0.2, 0.25) is 0 Å². The second kappa shape index (κ2) is 8.81. The van der Waals surface area contributed by atoms with Gasteiger partial charge in [-0.15, -0.1) is 0 Å². The highest BCUT2D eigenvalue weighted by molar-refractivity contribution is 6.00. The molecule has 8 heteroatoms. The van der Waals surface area contributed by atoms with Gasteiger partial charge in [-0.05, 0) is 68.7 Å². The SMILES string of the molecule is Cc1ccc(-c2ncccn2)c(C(=O)N2C[C@@H]3C[C@@H]3C[C@H]2CCc2ccc(C(F)(F)F)cn2)c1. The predicted octanol–water partition coefficient (Wildman–Crippen LogP) is 5.35. The molecule has 1 amide bonds. The van der Waals surface area contributed by atoms with Crippen molar-refractivity contribution < 1.29 is 18.0 Å². The highest BCUT2D eigenvalue weighted by Crippen LogP contribution is 2.48. The van der Waals surface area contributed by atoms with Crippen LogP contribution >= 0.6 is 0 Å².